The van der Waals surface area contributed by atoms with Crippen LogP contribution >= 0.6 is 11.3 Å². The van der Waals surface area contributed by atoms with Gasteiger partial charge in [0.2, 0.25) is 0 Å². The molecule has 0 saturated carbocycles. The van der Waals surface area contributed by atoms with Crippen LogP contribution in [-0.4, -0.2) is 9.97 Å². The molecule has 2 aromatic carbocycles. The lowest BCUT2D eigenvalue weighted by Crippen LogP contribution is -1.98. The Morgan fingerprint density at radius 1 is 0.852 bits per heavy atom. The van der Waals surface area contributed by atoms with Gasteiger partial charge < -0.3 is 5.32 Å². The van der Waals surface area contributed by atoms with E-state index in [1.54, 1.807) is 11.3 Å². The summed E-state index contributed by atoms with van der Waals surface area (Å²) < 4.78 is 0. The van der Waals surface area contributed by atoms with Crippen LogP contribution in [0.25, 0.3) is 21.7 Å². The molecule has 1 N–H and O–H groups in total. The van der Waals surface area contributed by atoms with Crippen molar-refractivity contribution >= 4 is 16.5 Å². The molecule has 0 radical (unpaired) electrons. The lowest BCUT2D eigenvalue weighted by atomic mass is 10.0. The fourth-order valence-corrected chi connectivity index (χ4v) is 4.16. The minimum absolute atomic E-state index is 0.760. The van der Waals surface area contributed by atoms with E-state index in [0.29, 0.717) is 0 Å². The highest BCUT2D eigenvalue weighted by molar-refractivity contribution is 7.19. The molecule has 3 nitrogen and oxygen atoms in total. The molecule has 4 aromatic rings. The van der Waals surface area contributed by atoms with Crippen molar-refractivity contribution in [1.82, 2.24) is 9.97 Å². The van der Waals surface area contributed by atoms with Gasteiger partial charge >= 0.3 is 0 Å². The van der Waals surface area contributed by atoms with E-state index < -0.39 is 0 Å². The fourth-order valence-electron chi connectivity index (χ4n) is 3.18. The highest BCUT2D eigenvalue weighted by Crippen LogP contribution is 2.39. The van der Waals surface area contributed by atoms with E-state index in [0.717, 1.165) is 33.4 Å². The number of aryl methyl sites for hydroxylation is 2. The Balaban J connectivity index is 1.73. The third-order valence-corrected chi connectivity index (χ3v) is 5.41. The fraction of sp³-hybridized carbons (Fsp3) is 0.130. The second-order valence-electron chi connectivity index (χ2n) is 6.65. The van der Waals surface area contributed by atoms with Gasteiger partial charge in [-0.2, -0.15) is 0 Å². The molecule has 2 heterocycles. The van der Waals surface area contributed by atoms with Crippen LogP contribution in [0.3, 0.4) is 0 Å². The van der Waals surface area contributed by atoms with E-state index in [1.807, 2.05) is 30.6 Å². The van der Waals surface area contributed by atoms with Crippen LogP contribution in [0.15, 0.2) is 73.1 Å². The molecule has 134 valence electrons. The second kappa shape index (κ2) is 7.72. The summed E-state index contributed by atoms with van der Waals surface area (Å²) in [6.45, 7) is 5.02. The van der Waals surface area contributed by atoms with Crippen LogP contribution in [0.1, 0.15) is 16.7 Å². The van der Waals surface area contributed by atoms with Crippen molar-refractivity contribution in [3.05, 3.63) is 89.7 Å². The summed E-state index contributed by atoms with van der Waals surface area (Å²) in [6, 6.07) is 21.1. The van der Waals surface area contributed by atoms with Gasteiger partial charge in [-0.3, -0.25) is 4.98 Å². The Morgan fingerprint density at radius 3 is 2.26 bits per heavy atom. The Morgan fingerprint density at radius 2 is 1.56 bits per heavy atom. The van der Waals surface area contributed by atoms with E-state index in [4.69, 9.17) is 4.98 Å². The van der Waals surface area contributed by atoms with Gasteiger partial charge in [0.15, 0.2) is 5.13 Å². The Labute approximate surface area is 163 Å². The summed E-state index contributed by atoms with van der Waals surface area (Å²) in [7, 11) is 0. The molecule has 0 aliphatic heterocycles. The monoisotopic (exact) mass is 371 g/mol. The topological polar surface area (TPSA) is 37.8 Å². The van der Waals surface area contributed by atoms with Crippen molar-refractivity contribution in [3.8, 4) is 21.7 Å². The molecule has 4 heteroatoms. The van der Waals surface area contributed by atoms with Crippen molar-refractivity contribution in [3.63, 3.8) is 0 Å². The van der Waals surface area contributed by atoms with Crippen LogP contribution in [0.5, 0.6) is 0 Å². The molecule has 2 aromatic heterocycles. The van der Waals surface area contributed by atoms with Crippen LogP contribution in [0.2, 0.25) is 0 Å². The average Bonchev–Trinajstić information content (AvgIpc) is 3.12. The van der Waals surface area contributed by atoms with Gasteiger partial charge in [0, 0.05) is 24.5 Å². The molecular weight excluding hydrogens is 350 g/mol. The molecule has 0 aliphatic carbocycles. The molecule has 0 aliphatic rings. The van der Waals surface area contributed by atoms with Gasteiger partial charge in [0.1, 0.15) is 0 Å². The lowest BCUT2D eigenvalue weighted by molar-refractivity contribution is 1.13. The lowest BCUT2D eigenvalue weighted by Gasteiger charge is -2.05. The highest BCUT2D eigenvalue weighted by Gasteiger charge is 2.15. The first kappa shape index (κ1) is 17.4. The van der Waals surface area contributed by atoms with Crippen molar-refractivity contribution < 1.29 is 0 Å². The quantitative estimate of drug-likeness (QED) is 0.460. The number of hydrogen-bond donors (Lipinski definition) is 1. The predicted octanol–water partition coefficient (Wildman–Crippen LogP) is 6.10. The average molecular weight is 372 g/mol. The molecular formula is C23H21N3S. The zero-order valence-corrected chi connectivity index (χ0v) is 16.3. The van der Waals surface area contributed by atoms with E-state index in [-0.39, 0.29) is 0 Å². The first-order chi connectivity index (χ1) is 13.2. The molecule has 0 unspecified atom stereocenters. The summed E-state index contributed by atoms with van der Waals surface area (Å²) in [5, 5.41) is 4.41. The van der Waals surface area contributed by atoms with Crippen LogP contribution < -0.4 is 5.32 Å². The molecule has 4 rings (SSSR count). The standard InChI is InChI=1S/C23H21N3S/c1-16-12-17(2)14-20(13-16)21-22(19-8-10-24-11-9-19)27-23(26-21)25-15-18-6-4-3-5-7-18/h3-14H,15H2,1-2H3,(H,25,26). The van der Waals surface area contributed by atoms with Crippen LogP contribution in [0.4, 0.5) is 5.13 Å². The van der Waals surface area contributed by atoms with Gasteiger partial charge in [0.25, 0.3) is 0 Å². The number of pyridine rings is 1. The summed E-state index contributed by atoms with van der Waals surface area (Å²) in [6.07, 6.45) is 3.66. The normalized spacial score (nSPS) is 10.7. The zero-order valence-electron chi connectivity index (χ0n) is 15.4. The van der Waals surface area contributed by atoms with Crippen molar-refractivity contribution in [1.29, 1.82) is 0 Å². The molecule has 27 heavy (non-hydrogen) atoms. The molecule has 0 saturated heterocycles. The molecule has 0 fully saturated rings. The van der Waals surface area contributed by atoms with Gasteiger partial charge in [-0.1, -0.05) is 58.9 Å². The minimum Gasteiger partial charge on any atom is -0.357 e. The molecule has 0 spiro atoms. The maximum absolute atomic E-state index is 4.94. The Kier molecular flexibility index (Phi) is 4.99. The first-order valence-corrected chi connectivity index (χ1v) is 9.78. The van der Waals surface area contributed by atoms with Crippen LogP contribution in [0, 0.1) is 13.8 Å². The Hall–Kier alpha value is -2.98. The van der Waals surface area contributed by atoms with Crippen LogP contribution in [-0.2, 0) is 6.54 Å². The third kappa shape index (κ3) is 4.07. The number of benzene rings is 2. The van der Waals surface area contributed by atoms with E-state index in [9.17, 15) is 0 Å². The number of thiazole rings is 1. The number of rotatable bonds is 5. The number of nitrogens with one attached hydrogen (secondary N) is 1. The Bertz CT molecular complexity index is 1020. The van der Waals surface area contributed by atoms with Gasteiger partial charge in [-0.05, 0) is 49.2 Å². The zero-order chi connectivity index (χ0) is 18.6. The van der Waals surface area contributed by atoms with E-state index in [1.165, 1.54) is 16.7 Å². The summed E-state index contributed by atoms with van der Waals surface area (Å²) in [5.41, 5.74) is 7.06. The summed E-state index contributed by atoms with van der Waals surface area (Å²) in [5.74, 6) is 0. The van der Waals surface area contributed by atoms with Crippen molar-refractivity contribution in [2.45, 2.75) is 20.4 Å². The molecule has 0 bridgehead atoms. The van der Waals surface area contributed by atoms with Gasteiger partial charge in [-0.25, -0.2) is 4.98 Å². The molecule has 0 atom stereocenters. The summed E-state index contributed by atoms with van der Waals surface area (Å²) in [4.78, 5) is 10.3. The van der Waals surface area contributed by atoms with Crippen molar-refractivity contribution in [2.75, 3.05) is 5.32 Å². The smallest absolute Gasteiger partial charge is 0.184 e. The maximum atomic E-state index is 4.94. The molecule has 0 amide bonds. The number of aromatic nitrogens is 2. The van der Waals surface area contributed by atoms with Gasteiger partial charge in [0.05, 0.1) is 10.6 Å². The van der Waals surface area contributed by atoms with Gasteiger partial charge in [-0.15, -0.1) is 0 Å². The van der Waals surface area contributed by atoms with E-state index >= 15 is 0 Å². The summed E-state index contributed by atoms with van der Waals surface area (Å²) >= 11 is 1.69. The number of hydrogen-bond acceptors (Lipinski definition) is 4. The van der Waals surface area contributed by atoms with E-state index in [2.05, 4.69) is 66.6 Å². The highest BCUT2D eigenvalue weighted by atomic mass is 32.1. The predicted molar refractivity (Wildman–Crippen MR) is 114 cm³/mol. The maximum Gasteiger partial charge on any atom is 0.184 e. The first-order valence-electron chi connectivity index (χ1n) is 8.97. The second-order valence-corrected chi connectivity index (χ2v) is 7.65. The number of nitrogens with zero attached hydrogens (tertiary/aromatic N) is 2. The largest absolute Gasteiger partial charge is 0.357 e. The third-order valence-electron chi connectivity index (χ3n) is 4.35. The minimum atomic E-state index is 0.760. The van der Waals surface area contributed by atoms with Crippen molar-refractivity contribution in [2.24, 2.45) is 0 Å². The number of anilines is 1. The SMILES string of the molecule is Cc1cc(C)cc(-c2nc(NCc3ccccc3)sc2-c2ccncc2)c1.